The van der Waals surface area contributed by atoms with Crippen LogP contribution in [0.15, 0.2) is 133 Å². The molecule has 0 fully saturated rings. The Morgan fingerprint density at radius 3 is 1.74 bits per heavy atom. The van der Waals surface area contributed by atoms with Crippen molar-refractivity contribution in [3.05, 3.63) is 177 Å². The lowest BCUT2D eigenvalue weighted by Crippen LogP contribution is -2.38. The smallest absolute Gasteiger partial charge is 0.258 e. The summed E-state index contributed by atoms with van der Waals surface area (Å²) in [6.07, 6.45) is 1.31. The maximum atomic E-state index is 12.5. The molecule has 6 aromatic rings. The van der Waals surface area contributed by atoms with Crippen LogP contribution in [0, 0.1) is 10.1 Å². The van der Waals surface area contributed by atoms with Gasteiger partial charge < -0.3 is 0 Å². The molecule has 0 spiro atoms. The molecule has 6 heteroatoms. The van der Waals surface area contributed by atoms with E-state index in [-0.39, 0.29) is 16.5 Å². The summed E-state index contributed by atoms with van der Waals surface area (Å²) in [5.41, 5.74) is 4.50. The largest absolute Gasteiger partial charge is 0.274 e. The van der Waals surface area contributed by atoms with E-state index >= 15 is 0 Å². The van der Waals surface area contributed by atoms with E-state index in [0.717, 1.165) is 23.1 Å². The van der Waals surface area contributed by atoms with Crippen molar-refractivity contribution in [2.45, 2.75) is 31.2 Å². The van der Waals surface area contributed by atoms with E-state index in [1.165, 1.54) is 5.56 Å². The molecular weight excluding hydrogens is 542 g/mol. The van der Waals surface area contributed by atoms with Gasteiger partial charge in [0, 0.05) is 17.0 Å². The summed E-state index contributed by atoms with van der Waals surface area (Å²) >= 11 is 6.91. The third-order valence-corrected chi connectivity index (χ3v) is 8.42. The molecule has 0 saturated heterocycles. The summed E-state index contributed by atoms with van der Waals surface area (Å²) in [5.74, 6) is 0.251. The molecule has 1 heterocycles. The van der Waals surface area contributed by atoms with E-state index in [1.807, 2.05) is 83.5 Å². The molecule has 0 amide bonds. The lowest BCUT2D eigenvalue weighted by Gasteiger charge is -2.37. The van der Waals surface area contributed by atoms with Gasteiger partial charge >= 0.3 is 0 Å². The first kappa shape index (κ1) is 27.4. The van der Waals surface area contributed by atoms with Crippen molar-refractivity contribution in [2.75, 3.05) is 0 Å². The minimum atomic E-state index is -0.938. The number of aromatic nitrogens is 2. The van der Waals surface area contributed by atoms with E-state index in [2.05, 4.69) is 55.5 Å². The monoisotopic (exact) mass is 571 g/mol. The molecule has 1 atom stereocenters. The minimum absolute atomic E-state index is 0.0728. The average molecular weight is 572 g/mol. The molecular formula is C36H30ClN3O2. The number of benzene rings is 5. The van der Waals surface area contributed by atoms with Crippen LogP contribution >= 0.6 is 11.6 Å². The Labute approximate surface area is 250 Å². The summed E-state index contributed by atoms with van der Waals surface area (Å²) in [7, 11) is 0. The summed E-state index contributed by atoms with van der Waals surface area (Å²) < 4.78 is 1.87. The van der Waals surface area contributed by atoms with Gasteiger partial charge in [-0.3, -0.25) is 10.1 Å². The van der Waals surface area contributed by atoms with Gasteiger partial charge in [0.05, 0.1) is 10.4 Å². The molecule has 0 bridgehead atoms. The van der Waals surface area contributed by atoms with Gasteiger partial charge in [-0.1, -0.05) is 140 Å². The van der Waals surface area contributed by atoms with E-state index in [0.29, 0.717) is 28.0 Å². The van der Waals surface area contributed by atoms with Crippen LogP contribution in [0.25, 0.3) is 10.9 Å². The van der Waals surface area contributed by atoms with Gasteiger partial charge in [0.2, 0.25) is 0 Å². The molecule has 0 radical (unpaired) electrons. The predicted octanol–water partition coefficient (Wildman–Crippen LogP) is 9.17. The molecule has 5 aromatic carbocycles. The first-order chi connectivity index (χ1) is 20.5. The maximum Gasteiger partial charge on any atom is 0.274 e. The number of hydrogen-bond acceptors (Lipinski definition) is 3. The zero-order valence-electron chi connectivity index (χ0n) is 23.2. The van der Waals surface area contributed by atoms with Crippen molar-refractivity contribution in [1.82, 2.24) is 9.78 Å². The number of nitro benzene ring substituents is 1. The second kappa shape index (κ2) is 11.6. The number of aryl methyl sites for hydroxylation is 1. The Hall–Kier alpha value is -4.74. The topological polar surface area (TPSA) is 61.0 Å². The Morgan fingerprint density at radius 2 is 1.26 bits per heavy atom. The summed E-state index contributed by atoms with van der Waals surface area (Å²) in [4.78, 5) is 12.2. The first-order valence-electron chi connectivity index (χ1n) is 14.1. The summed E-state index contributed by atoms with van der Waals surface area (Å²) in [5, 5.41) is 18.4. The fourth-order valence-corrected chi connectivity index (χ4v) is 6.24. The van der Waals surface area contributed by atoms with Crippen LogP contribution in [-0.4, -0.2) is 14.7 Å². The van der Waals surface area contributed by atoms with E-state index < -0.39 is 5.54 Å². The lowest BCUT2D eigenvalue weighted by molar-refractivity contribution is -0.385. The highest BCUT2D eigenvalue weighted by Crippen LogP contribution is 2.44. The molecule has 0 unspecified atom stereocenters. The van der Waals surface area contributed by atoms with Crippen LogP contribution in [0.5, 0.6) is 0 Å². The van der Waals surface area contributed by atoms with Crippen molar-refractivity contribution < 1.29 is 4.92 Å². The van der Waals surface area contributed by atoms with Gasteiger partial charge in [0.25, 0.3) is 5.69 Å². The van der Waals surface area contributed by atoms with Crippen LogP contribution in [0.3, 0.4) is 0 Å². The Kier molecular flexibility index (Phi) is 7.60. The predicted molar refractivity (Wildman–Crippen MR) is 169 cm³/mol. The molecule has 42 heavy (non-hydrogen) atoms. The molecule has 0 aliphatic rings. The molecule has 0 aliphatic carbocycles. The second-order valence-electron chi connectivity index (χ2n) is 10.6. The fraction of sp³-hybridized carbons (Fsp3) is 0.139. The Balaban J connectivity index is 1.58. The number of hydrogen-bond donors (Lipinski definition) is 0. The number of fused-ring (bicyclic) bond motifs is 1. The fourth-order valence-electron chi connectivity index (χ4n) is 6.01. The third kappa shape index (κ3) is 4.86. The maximum absolute atomic E-state index is 12.5. The van der Waals surface area contributed by atoms with Gasteiger partial charge in [-0.2, -0.15) is 5.10 Å². The van der Waals surface area contributed by atoms with Gasteiger partial charge in [-0.15, -0.1) is 0 Å². The highest BCUT2D eigenvalue weighted by atomic mass is 35.5. The zero-order valence-corrected chi connectivity index (χ0v) is 24.0. The zero-order chi connectivity index (χ0) is 29.1. The molecule has 6 rings (SSSR count). The average Bonchev–Trinajstić information content (AvgIpc) is 3.37. The number of nitrogens with zero attached hydrogens (tertiary/aromatic N) is 3. The standard InChI is InChI=1S/C36H30ClN3O2/c1-26(27-14-6-2-7-15-27)22-23-28-24-32-34(25-33(28)40(41)42)39(38-35(32)37)36(29-16-8-3-9-17-29,30-18-10-4-11-19-30)31-20-12-5-13-21-31/h2-21,24-26H,22-23H2,1H3/t26-/m0/s1. The molecule has 208 valence electrons. The second-order valence-corrected chi connectivity index (χ2v) is 11.0. The van der Waals surface area contributed by atoms with Crippen molar-refractivity contribution in [3.8, 4) is 0 Å². The van der Waals surface area contributed by atoms with Gasteiger partial charge in [0.15, 0.2) is 5.15 Å². The van der Waals surface area contributed by atoms with Crippen LogP contribution < -0.4 is 0 Å². The van der Waals surface area contributed by atoms with Gasteiger partial charge in [-0.25, -0.2) is 4.68 Å². The quantitative estimate of drug-likeness (QED) is 0.0987. The van der Waals surface area contributed by atoms with E-state index in [4.69, 9.17) is 16.7 Å². The first-order valence-corrected chi connectivity index (χ1v) is 14.5. The number of halogens is 1. The van der Waals surface area contributed by atoms with Gasteiger partial charge in [0.1, 0.15) is 5.54 Å². The van der Waals surface area contributed by atoms with Crippen molar-refractivity contribution in [1.29, 1.82) is 0 Å². The highest BCUT2D eigenvalue weighted by molar-refractivity contribution is 6.34. The molecule has 1 aromatic heterocycles. The number of rotatable bonds is 9. The normalized spacial score (nSPS) is 12.3. The van der Waals surface area contributed by atoms with Crippen LogP contribution in [-0.2, 0) is 12.0 Å². The van der Waals surface area contributed by atoms with Crippen LogP contribution in [0.2, 0.25) is 5.15 Å². The van der Waals surface area contributed by atoms with Crippen molar-refractivity contribution in [2.24, 2.45) is 0 Å². The van der Waals surface area contributed by atoms with Crippen LogP contribution in [0.1, 0.15) is 47.1 Å². The lowest BCUT2D eigenvalue weighted by atomic mass is 9.77. The highest BCUT2D eigenvalue weighted by Gasteiger charge is 2.41. The van der Waals surface area contributed by atoms with Gasteiger partial charge in [-0.05, 0) is 47.1 Å². The summed E-state index contributed by atoms with van der Waals surface area (Å²) in [6.45, 7) is 2.15. The third-order valence-electron chi connectivity index (χ3n) is 8.14. The molecule has 0 saturated carbocycles. The number of nitro groups is 1. The molecule has 5 nitrogen and oxygen atoms in total. The van der Waals surface area contributed by atoms with E-state index in [1.54, 1.807) is 6.07 Å². The van der Waals surface area contributed by atoms with E-state index in [9.17, 15) is 10.1 Å². The SMILES string of the molecule is C[C@@H](CCc1cc2c(Cl)nn(C(c3ccccc3)(c3ccccc3)c3ccccc3)c2cc1[N+](=O)[O-])c1ccccc1. The molecule has 0 N–H and O–H groups in total. The van der Waals surface area contributed by atoms with Crippen molar-refractivity contribution >= 4 is 28.2 Å². The Morgan fingerprint density at radius 1 is 0.786 bits per heavy atom. The van der Waals surface area contributed by atoms with Crippen molar-refractivity contribution in [3.63, 3.8) is 0 Å². The summed E-state index contributed by atoms with van der Waals surface area (Å²) in [6, 6.07) is 44.1. The van der Waals surface area contributed by atoms with Crippen LogP contribution in [0.4, 0.5) is 5.69 Å². The Bertz CT molecular complexity index is 1730. The molecule has 0 aliphatic heterocycles. The minimum Gasteiger partial charge on any atom is -0.258 e.